The third-order valence-electron chi connectivity index (χ3n) is 2.31. The number of hydrogen-bond acceptors (Lipinski definition) is 2. The highest BCUT2D eigenvalue weighted by Gasteiger charge is 2.12. The van der Waals surface area contributed by atoms with Crippen LogP contribution >= 0.6 is 0 Å². The summed E-state index contributed by atoms with van der Waals surface area (Å²) in [4.78, 5) is 24.5. The molecule has 0 saturated carbocycles. The normalized spacial score (nSPS) is 10.2. The van der Waals surface area contributed by atoms with Gasteiger partial charge in [0, 0.05) is 17.8 Å². The van der Waals surface area contributed by atoms with E-state index in [9.17, 15) is 14.0 Å². The second-order valence-electron chi connectivity index (χ2n) is 3.44. The number of hydrogen-bond donors (Lipinski definition) is 2. The molecule has 0 aliphatic carbocycles. The van der Waals surface area contributed by atoms with Gasteiger partial charge in [-0.1, -0.05) is 12.1 Å². The minimum atomic E-state index is -1.15. The molecule has 86 valence electrons. The van der Waals surface area contributed by atoms with Gasteiger partial charge in [-0.05, 0) is 17.7 Å². The van der Waals surface area contributed by atoms with Crippen LogP contribution in [0.5, 0.6) is 0 Å². The third-order valence-corrected chi connectivity index (χ3v) is 2.31. The highest BCUT2D eigenvalue weighted by molar-refractivity contribution is 5.95. The summed E-state index contributed by atoms with van der Waals surface area (Å²) in [7, 11) is 0. The van der Waals surface area contributed by atoms with Crippen molar-refractivity contribution >= 4 is 5.97 Å². The molecule has 0 radical (unpaired) electrons. The molecule has 1 aromatic heterocycles. The zero-order chi connectivity index (χ0) is 12.4. The number of pyridine rings is 1. The summed E-state index contributed by atoms with van der Waals surface area (Å²) in [5.41, 5.74) is 0.307. The van der Waals surface area contributed by atoms with Crippen molar-refractivity contribution in [3.63, 3.8) is 0 Å². The van der Waals surface area contributed by atoms with Crippen LogP contribution in [0.15, 0.2) is 41.3 Å². The van der Waals surface area contributed by atoms with E-state index >= 15 is 0 Å². The summed E-state index contributed by atoms with van der Waals surface area (Å²) in [6, 6.07) is 6.45. The van der Waals surface area contributed by atoms with E-state index < -0.39 is 17.3 Å². The van der Waals surface area contributed by atoms with Crippen LogP contribution in [0.3, 0.4) is 0 Å². The Morgan fingerprint density at radius 1 is 1.24 bits per heavy atom. The molecule has 0 aliphatic heterocycles. The molecule has 4 nitrogen and oxygen atoms in total. The topological polar surface area (TPSA) is 70.2 Å². The standard InChI is InChI=1S/C12H8FNO3/c13-8-3-1-7(2-4-8)9-5-11(15)14-6-10(9)12(16)17/h1-6H,(H,14,15)(H,16,17). The zero-order valence-corrected chi connectivity index (χ0v) is 8.61. The molecule has 0 fully saturated rings. The predicted molar refractivity (Wildman–Crippen MR) is 59.4 cm³/mol. The number of carboxylic acid groups (broad SMARTS) is 1. The van der Waals surface area contributed by atoms with E-state index in [1.54, 1.807) is 0 Å². The van der Waals surface area contributed by atoms with Gasteiger partial charge in [-0.25, -0.2) is 9.18 Å². The van der Waals surface area contributed by atoms with Gasteiger partial charge >= 0.3 is 5.97 Å². The van der Waals surface area contributed by atoms with Gasteiger partial charge in [0.2, 0.25) is 5.56 Å². The Kier molecular flexibility index (Phi) is 2.74. The van der Waals surface area contributed by atoms with Crippen molar-refractivity contribution in [1.82, 2.24) is 4.98 Å². The van der Waals surface area contributed by atoms with Crippen LogP contribution in [0.4, 0.5) is 4.39 Å². The summed E-state index contributed by atoms with van der Waals surface area (Å²) in [5, 5.41) is 8.98. The molecule has 0 aliphatic rings. The van der Waals surface area contributed by atoms with Gasteiger partial charge in [-0.2, -0.15) is 0 Å². The molecule has 0 bridgehead atoms. The van der Waals surface area contributed by atoms with E-state index in [-0.39, 0.29) is 11.1 Å². The minimum Gasteiger partial charge on any atom is -0.478 e. The lowest BCUT2D eigenvalue weighted by molar-refractivity contribution is 0.0697. The molecule has 2 aromatic rings. The number of carbonyl (C=O) groups is 1. The predicted octanol–water partition coefficient (Wildman–Crippen LogP) is 1.88. The fraction of sp³-hybridized carbons (Fsp3) is 0. The summed E-state index contributed by atoms with van der Waals surface area (Å²) in [6.07, 6.45) is 1.13. The fourth-order valence-corrected chi connectivity index (χ4v) is 1.52. The van der Waals surface area contributed by atoms with Crippen LogP contribution in [0, 0.1) is 5.82 Å². The van der Waals surface area contributed by atoms with Crippen LogP contribution in [0.1, 0.15) is 10.4 Å². The number of rotatable bonds is 2. The van der Waals surface area contributed by atoms with Crippen molar-refractivity contribution in [3.05, 3.63) is 58.3 Å². The van der Waals surface area contributed by atoms with Gasteiger partial charge in [0.1, 0.15) is 5.82 Å². The van der Waals surface area contributed by atoms with E-state index in [1.165, 1.54) is 30.3 Å². The van der Waals surface area contributed by atoms with Crippen molar-refractivity contribution in [2.75, 3.05) is 0 Å². The summed E-state index contributed by atoms with van der Waals surface area (Å²) in [5.74, 6) is -1.57. The van der Waals surface area contributed by atoms with E-state index in [1.807, 2.05) is 0 Å². The Hall–Kier alpha value is -2.43. The molecule has 17 heavy (non-hydrogen) atoms. The van der Waals surface area contributed by atoms with Crippen LogP contribution in [-0.2, 0) is 0 Å². The van der Waals surface area contributed by atoms with Crippen LogP contribution in [0.25, 0.3) is 11.1 Å². The smallest absolute Gasteiger partial charge is 0.337 e. The molecule has 5 heteroatoms. The van der Waals surface area contributed by atoms with Gasteiger partial charge in [-0.15, -0.1) is 0 Å². The number of halogens is 1. The van der Waals surface area contributed by atoms with E-state index in [0.717, 1.165) is 6.20 Å². The molecule has 0 saturated heterocycles. The van der Waals surface area contributed by atoms with E-state index in [0.29, 0.717) is 5.56 Å². The fourth-order valence-electron chi connectivity index (χ4n) is 1.52. The maximum absolute atomic E-state index is 12.8. The molecule has 0 unspecified atom stereocenters. The first-order chi connectivity index (χ1) is 8.08. The SMILES string of the molecule is O=C(O)c1c[nH]c(=O)cc1-c1ccc(F)cc1. The van der Waals surface area contributed by atoms with Crippen molar-refractivity contribution in [3.8, 4) is 11.1 Å². The van der Waals surface area contributed by atoms with Crippen molar-refractivity contribution < 1.29 is 14.3 Å². The Labute approximate surface area is 95.4 Å². The second-order valence-corrected chi connectivity index (χ2v) is 3.44. The maximum Gasteiger partial charge on any atom is 0.337 e. The van der Waals surface area contributed by atoms with Gasteiger partial charge < -0.3 is 10.1 Å². The lowest BCUT2D eigenvalue weighted by Gasteiger charge is -2.05. The number of aromatic carboxylic acids is 1. The largest absolute Gasteiger partial charge is 0.478 e. The first kappa shape index (κ1) is 11.1. The first-order valence-electron chi connectivity index (χ1n) is 4.80. The quantitative estimate of drug-likeness (QED) is 0.831. The van der Waals surface area contributed by atoms with Crippen LogP contribution in [0.2, 0.25) is 0 Å². The van der Waals surface area contributed by atoms with E-state index in [2.05, 4.69) is 4.98 Å². The lowest BCUT2D eigenvalue weighted by atomic mass is 10.0. The summed E-state index contributed by atoms with van der Waals surface area (Å²) >= 11 is 0. The van der Waals surface area contributed by atoms with Gasteiger partial charge in [0.15, 0.2) is 0 Å². The number of benzene rings is 1. The number of nitrogens with one attached hydrogen (secondary N) is 1. The zero-order valence-electron chi connectivity index (χ0n) is 8.61. The third kappa shape index (κ3) is 2.23. The molecule has 2 N–H and O–H groups in total. The van der Waals surface area contributed by atoms with Crippen molar-refractivity contribution in [2.24, 2.45) is 0 Å². The number of H-pyrrole nitrogens is 1. The van der Waals surface area contributed by atoms with Gasteiger partial charge in [0.05, 0.1) is 5.56 Å². The molecule has 0 spiro atoms. The number of carboxylic acids is 1. The molecular formula is C12H8FNO3. The van der Waals surface area contributed by atoms with Crippen molar-refractivity contribution in [1.29, 1.82) is 0 Å². The molecule has 2 rings (SSSR count). The summed E-state index contributed by atoms with van der Waals surface area (Å²) < 4.78 is 12.8. The van der Waals surface area contributed by atoms with Gasteiger partial charge in [0.25, 0.3) is 0 Å². The number of aromatic nitrogens is 1. The average molecular weight is 233 g/mol. The van der Waals surface area contributed by atoms with Crippen LogP contribution in [-0.4, -0.2) is 16.1 Å². The molecule has 0 amide bonds. The second kappa shape index (κ2) is 4.21. The molecule has 1 aromatic carbocycles. The highest BCUT2D eigenvalue weighted by Crippen LogP contribution is 2.21. The highest BCUT2D eigenvalue weighted by atomic mass is 19.1. The summed E-state index contributed by atoms with van der Waals surface area (Å²) in [6.45, 7) is 0. The number of aromatic amines is 1. The Morgan fingerprint density at radius 3 is 2.47 bits per heavy atom. The minimum absolute atomic E-state index is 0.0313. The van der Waals surface area contributed by atoms with Crippen LogP contribution < -0.4 is 5.56 Å². The van der Waals surface area contributed by atoms with Gasteiger partial charge in [-0.3, -0.25) is 4.79 Å². The average Bonchev–Trinajstić information content (AvgIpc) is 2.29. The van der Waals surface area contributed by atoms with Crippen molar-refractivity contribution in [2.45, 2.75) is 0 Å². The van der Waals surface area contributed by atoms with E-state index in [4.69, 9.17) is 5.11 Å². The lowest BCUT2D eigenvalue weighted by Crippen LogP contribution is -2.09. The Morgan fingerprint density at radius 2 is 1.88 bits per heavy atom. The molecule has 1 heterocycles. The maximum atomic E-state index is 12.8. The molecule has 0 atom stereocenters. The Balaban J connectivity index is 2.64. The first-order valence-corrected chi connectivity index (χ1v) is 4.80. The molecular weight excluding hydrogens is 225 g/mol. The monoisotopic (exact) mass is 233 g/mol. The Bertz CT molecular complexity index is 616.